The third-order valence-corrected chi connectivity index (χ3v) is 4.01. The molecule has 1 amide bonds. The van der Waals surface area contributed by atoms with Crippen molar-refractivity contribution in [2.45, 2.75) is 65.5 Å². The van der Waals surface area contributed by atoms with Gasteiger partial charge in [0.2, 0.25) is 5.91 Å². The fraction of sp³-hybridized carbons (Fsp3) is 0.875. The van der Waals surface area contributed by atoms with E-state index in [0.29, 0.717) is 6.42 Å². The van der Waals surface area contributed by atoms with Gasteiger partial charge in [-0.1, -0.05) is 34.1 Å². The first-order valence-electron chi connectivity index (χ1n) is 8.10. The molecule has 0 spiro atoms. The van der Waals surface area contributed by atoms with Crippen LogP contribution in [0.2, 0.25) is 0 Å². The van der Waals surface area contributed by atoms with Gasteiger partial charge in [-0.15, -0.1) is 0 Å². The summed E-state index contributed by atoms with van der Waals surface area (Å²) in [7, 11) is 0. The van der Waals surface area contributed by atoms with Gasteiger partial charge in [0.25, 0.3) is 0 Å². The Kier molecular flexibility index (Phi) is 7.15. The highest BCUT2D eigenvalue weighted by atomic mass is 16.4. The van der Waals surface area contributed by atoms with Gasteiger partial charge in [-0.05, 0) is 44.2 Å². The average Bonchev–Trinajstić information content (AvgIpc) is 2.38. The van der Waals surface area contributed by atoms with Crippen LogP contribution in [0.5, 0.6) is 0 Å². The van der Waals surface area contributed by atoms with Crippen molar-refractivity contribution in [1.29, 1.82) is 0 Å². The Morgan fingerprint density at radius 3 is 2.10 bits per heavy atom. The number of likely N-dealkylation sites (tertiary alicyclic amines) is 1. The fourth-order valence-electron chi connectivity index (χ4n) is 3.04. The van der Waals surface area contributed by atoms with Gasteiger partial charge in [0, 0.05) is 0 Å². The number of carboxylic acid groups (broad SMARTS) is 1. The number of rotatable bonds is 7. The molecular weight excluding hydrogens is 268 g/mol. The number of aliphatic carboxylic acids is 1. The van der Waals surface area contributed by atoms with Crippen molar-refractivity contribution in [3.63, 3.8) is 0 Å². The van der Waals surface area contributed by atoms with Crippen molar-refractivity contribution in [2.75, 3.05) is 13.1 Å². The third-order valence-electron chi connectivity index (χ3n) is 4.01. The summed E-state index contributed by atoms with van der Waals surface area (Å²) in [6.07, 6.45) is 3.91. The zero-order valence-electron chi connectivity index (χ0n) is 13.8. The van der Waals surface area contributed by atoms with Crippen molar-refractivity contribution in [1.82, 2.24) is 10.2 Å². The van der Waals surface area contributed by atoms with Crippen LogP contribution in [0.1, 0.15) is 53.4 Å². The van der Waals surface area contributed by atoms with Crippen LogP contribution >= 0.6 is 0 Å². The molecule has 0 aromatic carbocycles. The van der Waals surface area contributed by atoms with Crippen molar-refractivity contribution < 1.29 is 14.7 Å². The van der Waals surface area contributed by atoms with Crippen molar-refractivity contribution in [3.05, 3.63) is 0 Å². The summed E-state index contributed by atoms with van der Waals surface area (Å²) < 4.78 is 0. The second-order valence-corrected chi connectivity index (χ2v) is 6.81. The standard InChI is InChI=1S/C16H30N2O3/c1-11(2)10-13(16(20)21)17-15(19)14(12(3)4)18-8-6-5-7-9-18/h11-14H,5-10H2,1-4H3,(H,17,19)(H,20,21). The minimum atomic E-state index is -0.946. The van der Waals surface area contributed by atoms with E-state index in [9.17, 15) is 14.7 Å². The summed E-state index contributed by atoms with van der Waals surface area (Å²) in [6, 6.07) is -1.01. The second kappa shape index (κ2) is 8.37. The number of carbonyl (C=O) groups is 2. The molecule has 21 heavy (non-hydrogen) atoms. The fourth-order valence-corrected chi connectivity index (χ4v) is 3.04. The summed E-state index contributed by atoms with van der Waals surface area (Å²) in [5.74, 6) is -0.673. The lowest BCUT2D eigenvalue weighted by atomic mass is 9.97. The predicted octanol–water partition coefficient (Wildman–Crippen LogP) is 2.11. The van der Waals surface area contributed by atoms with Crippen LogP contribution in [0.15, 0.2) is 0 Å². The number of carboxylic acids is 1. The number of nitrogens with zero attached hydrogens (tertiary/aromatic N) is 1. The molecule has 1 fully saturated rings. The van der Waals surface area contributed by atoms with E-state index < -0.39 is 12.0 Å². The van der Waals surface area contributed by atoms with Crippen LogP contribution in [-0.4, -0.2) is 47.1 Å². The molecule has 122 valence electrons. The first kappa shape index (κ1) is 18.0. The van der Waals surface area contributed by atoms with E-state index in [0.717, 1.165) is 25.9 Å². The molecule has 0 radical (unpaired) electrons. The van der Waals surface area contributed by atoms with E-state index in [1.165, 1.54) is 6.42 Å². The maximum atomic E-state index is 12.6. The van der Waals surface area contributed by atoms with E-state index in [1.807, 2.05) is 27.7 Å². The average molecular weight is 298 g/mol. The smallest absolute Gasteiger partial charge is 0.326 e. The molecular formula is C16H30N2O3. The van der Waals surface area contributed by atoms with E-state index >= 15 is 0 Å². The maximum Gasteiger partial charge on any atom is 0.326 e. The molecule has 0 bridgehead atoms. The number of piperidine rings is 1. The van der Waals surface area contributed by atoms with E-state index in [2.05, 4.69) is 10.2 Å². The highest BCUT2D eigenvalue weighted by Gasteiger charge is 2.32. The maximum absolute atomic E-state index is 12.6. The number of nitrogens with one attached hydrogen (secondary N) is 1. The Balaban J connectivity index is 2.72. The largest absolute Gasteiger partial charge is 0.480 e. The summed E-state index contributed by atoms with van der Waals surface area (Å²) in [5, 5.41) is 12.0. The van der Waals surface area contributed by atoms with Crippen LogP contribution in [-0.2, 0) is 9.59 Å². The van der Waals surface area contributed by atoms with E-state index in [1.54, 1.807) is 0 Å². The van der Waals surface area contributed by atoms with Gasteiger partial charge in [-0.2, -0.15) is 0 Å². The monoisotopic (exact) mass is 298 g/mol. The van der Waals surface area contributed by atoms with Crippen molar-refractivity contribution in [2.24, 2.45) is 11.8 Å². The van der Waals surface area contributed by atoms with Gasteiger partial charge in [0.15, 0.2) is 0 Å². The highest BCUT2D eigenvalue weighted by Crippen LogP contribution is 2.18. The molecule has 0 aromatic rings. The van der Waals surface area contributed by atoms with Crippen LogP contribution in [0.3, 0.4) is 0 Å². The SMILES string of the molecule is CC(C)CC(NC(=O)C(C(C)C)N1CCCCC1)C(=O)O. The molecule has 0 saturated carbocycles. The van der Waals surface area contributed by atoms with Crippen LogP contribution < -0.4 is 5.32 Å². The van der Waals surface area contributed by atoms with Gasteiger partial charge in [-0.3, -0.25) is 9.69 Å². The molecule has 0 aliphatic carbocycles. The molecule has 1 saturated heterocycles. The Morgan fingerprint density at radius 1 is 1.10 bits per heavy atom. The lowest BCUT2D eigenvalue weighted by Gasteiger charge is -2.36. The highest BCUT2D eigenvalue weighted by molar-refractivity contribution is 5.87. The van der Waals surface area contributed by atoms with Gasteiger partial charge in [0.1, 0.15) is 6.04 Å². The molecule has 1 rings (SSSR count). The molecule has 0 aromatic heterocycles. The van der Waals surface area contributed by atoms with Gasteiger partial charge >= 0.3 is 5.97 Å². The van der Waals surface area contributed by atoms with Crippen LogP contribution in [0.25, 0.3) is 0 Å². The number of hydrogen-bond acceptors (Lipinski definition) is 3. The summed E-state index contributed by atoms with van der Waals surface area (Å²) >= 11 is 0. The van der Waals surface area contributed by atoms with E-state index in [4.69, 9.17) is 0 Å². The molecule has 5 nitrogen and oxygen atoms in total. The lowest BCUT2D eigenvalue weighted by Crippen LogP contribution is -2.55. The van der Waals surface area contributed by atoms with E-state index in [-0.39, 0.29) is 23.8 Å². The number of hydrogen-bond donors (Lipinski definition) is 2. The zero-order chi connectivity index (χ0) is 16.0. The summed E-state index contributed by atoms with van der Waals surface area (Å²) in [5.41, 5.74) is 0. The topological polar surface area (TPSA) is 69.6 Å². The number of amides is 1. The predicted molar refractivity (Wildman–Crippen MR) is 83.1 cm³/mol. The van der Waals surface area contributed by atoms with Crippen LogP contribution in [0.4, 0.5) is 0 Å². The summed E-state index contributed by atoms with van der Waals surface area (Å²) in [6.45, 7) is 9.84. The normalized spacial score (nSPS) is 19.5. The quantitative estimate of drug-likeness (QED) is 0.755. The Morgan fingerprint density at radius 2 is 1.67 bits per heavy atom. The minimum Gasteiger partial charge on any atom is -0.480 e. The minimum absolute atomic E-state index is 0.139. The van der Waals surface area contributed by atoms with Gasteiger partial charge in [0.05, 0.1) is 6.04 Å². The second-order valence-electron chi connectivity index (χ2n) is 6.81. The van der Waals surface area contributed by atoms with Gasteiger partial charge < -0.3 is 10.4 Å². The van der Waals surface area contributed by atoms with Crippen molar-refractivity contribution in [3.8, 4) is 0 Å². The Labute approximate surface area is 128 Å². The first-order valence-corrected chi connectivity index (χ1v) is 8.10. The van der Waals surface area contributed by atoms with Gasteiger partial charge in [-0.25, -0.2) is 4.79 Å². The molecule has 1 aliphatic rings. The molecule has 2 N–H and O–H groups in total. The zero-order valence-corrected chi connectivity index (χ0v) is 13.8. The summed E-state index contributed by atoms with van der Waals surface area (Å²) in [4.78, 5) is 26.1. The lowest BCUT2D eigenvalue weighted by molar-refractivity contribution is -0.143. The first-order chi connectivity index (χ1) is 9.82. The molecule has 5 heteroatoms. The third kappa shape index (κ3) is 5.65. The molecule has 2 unspecified atom stereocenters. The molecule has 1 aliphatic heterocycles. The van der Waals surface area contributed by atoms with Crippen molar-refractivity contribution >= 4 is 11.9 Å². The molecule has 1 heterocycles. The molecule has 2 atom stereocenters. The van der Waals surface area contributed by atoms with Crippen LogP contribution in [0, 0.1) is 11.8 Å². The Bertz CT molecular complexity index is 349. The Hall–Kier alpha value is -1.10. The number of carbonyl (C=O) groups excluding carboxylic acids is 1.